The summed E-state index contributed by atoms with van der Waals surface area (Å²) in [6, 6.07) is 3.46. The number of nitrogens with zero attached hydrogens (tertiary/aromatic N) is 4. The second-order valence-electron chi connectivity index (χ2n) is 5.86. The maximum atomic E-state index is 12.5. The number of carbonyl (C=O) groups excluding carboxylic acids is 1. The Balaban J connectivity index is 1.52. The minimum Gasteiger partial charge on any atom is -0.455 e. The van der Waals surface area contributed by atoms with Crippen molar-refractivity contribution < 1.29 is 18.0 Å². The highest BCUT2D eigenvalue weighted by molar-refractivity contribution is 7.98. The number of imidazole rings is 1. The van der Waals surface area contributed by atoms with Gasteiger partial charge in [-0.1, -0.05) is 11.8 Å². The van der Waals surface area contributed by atoms with Gasteiger partial charge in [-0.25, -0.2) is 13.8 Å². The molecule has 0 radical (unpaired) electrons. The van der Waals surface area contributed by atoms with Crippen LogP contribution >= 0.6 is 11.8 Å². The molecule has 0 N–H and O–H groups in total. The maximum absolute atomic E-state index is 12.5. The summed E-state index contributed by atoms with van der Waals surface area (Å²) in [6.45, 7) is 1.54. The first-order valence-electron chi connectivity index (χ1n) is 8.01. The molecule has 3 heterocycles. The molecule has 1 saturated heterocycles. The fraction of sp³-hybridized carbons (Fsp3) is 0.500. The molecule has 0 unspecified atom stereocenters. The molecule has 0 saturated carbocycles. The Kier molecular flexibility index (Phi) is 5.74. The lowest BCUT2D eigenvalue weighted by atomic mass is 10.3. The summed E-state index contributed by atoms with van der Waals surface area (Å²) in [5.41, 5.74) is 0. The van der Waals surface area contributed by atoms with Gasteiger partial charge in [0.05, 0.1) is 12.3 Å². The molecule has 1 aliphatic rings. The number of furan rings is 1. The third kappa shape index (κ3) is 4.60. The lowest BCUT2D eigenvalue weighted by molar-refractivity contribution is 0.0439. The van der Waals surface area contributed by atoms with E-state index in [0.717, 1.165) is 5.16 Å². The number of aryl methyl sites for hydroxylation is 1. The van der Waals surface area contributed by atoms with E-state index >= 15 is 0 Å². The van der Waals surface area contributed by atoms with Gasteiger partial charge in [0.2, 0.25) is 0 Å². The molecule has 0 aliphatic carbocycles. The van der Waals surface area contributed by atoms with Crippen molar-refractivity contribution in [2.45, 2.75) is 17.3 Å². The number of rotatable bonds is 6. The molecule has 3 rings (SSSR count). The van der Waals surface area contributed by atoms with E-state index in [-0.39, 0.29) is 18.2 Å². The van der Waals surface area contributed by atoms with Crippen molar-refractivity contribution in [3.8, 4) is 0 Å². The van der Waals surface area contributed by atoms with Crippen LogP contribution in [0.2, 0.25) is 0 Å². The van der Waals surface area contributed by atoms with Crippen LogP contribution < -0.4 is 0 Å². The van der Waals surface area contributed by atoms with Crippen LogP contribution in [0.4, 0.5) is 8.78 Å². The number of halogens is 2. The molecule has 1 amide bonds. The molecule has 9 heteroatoms. The topological polar surface area (TPSA) is 54.5 Å². The highest BCUT2D eigenvalue weighted by Crippen LogP contribution is 2.22. The molecule has 136 valence electrons. The largest absolute Gasteiger partial charge is 0.455 e. The van der Waals surface area contributed by atoms with Crippen molar-refractivity contribution in [3.05, 3.63) is 36.0 Å². The first-order valence-corrected chi connectivity index (χ1v) is 9.00. The number of aromatic nitrogens is 2. The van der Waals surface area contributed by atoms with Crippen LogP contribution in [0.15, 0.2) is 34.1 Å². The van der Waals surface area contributed by atoms with E-state index in [9.17, 15) is 13.6 Å². The van der Waals surface area contributed by atoms with E-state index in [1.807, 2.05) is 17.8 Å². The van der Waals surface area contributed by atoms with Gasteiger partial charge in [-0.2, -0.15) is 0 Å². The van der Waals surface area contributed by atoms with Crippen molar-refractivity contribution in [2.24, 2.45) is 7.05 Å². The van der Waals surface area contributed by atoms with Gasteiger partial charge in [0.1, 0.15) is 5.76 Å². The Bertz CT molecular complexity index is 711. The number of hydrogen-bond acceptors (Lipinski definition) is 5. The summed E-state index contributed by atoms with van der Waals surface area (Å²) in [4.78, 5) is 20.0. The Hall–Kier alpha value is -1.87. The molecule has 1 aliphatic heterocycles. The zero-order valence-electron chi connectivity index (χ0n) is 13.9. The summed E-state index contributed by atoms with van der Waals surface area (Å²) < 4.78 is 32.4. The van der Waals surface area contributed by atoms with Crippen molar-refractivity contribution in [1.82, 2.24) is 19.4 Å². The van der Waals surface area contributed by atoms with Crippen LogP contribution in [0.3, 0.4) is 0 Å². The van der Waals surface area contributed by atoms with E-state index < -0.39 is 6.43 Å². The molecule has 6 nitrogen and oxygen atoms in total. The molecule has 0 spiro atoms. The molecule has 0 atom stereocenters. The smallest absolute Gasteiger partial charge is 0.289 e. The zero-order chi connectivity index (χ0) is 17.8. The summed E-state index contributed by atoms with van der Waals surface area (Å²) in [5.74, 6) is 1.38. The predicted molar refractivity (Wildman–Crippen MR) is 89.8 cm³/mol. The second kappa shape index (κ2) is 8.01. The Morgan fingerprint density at radius 3 is 2.72 bits per heavy atom. The van der Waals surface area contributed by atoms with Crippen LogP contribution in [0.1, 0.15) is 16.3 Å². The minimum atomic E-state index is -2.34. The third-order valence-corrected chi connectivity index (χ3v) is 5.13. The van der Waals surface area contributed by atoms with Crippen molar-refractivity contribution in [2.75, 3.05) is 32.7 Å². The number of thioether (sulfide) groups is 1. The molecular formula is C16H20F2N4O2S. The molecule has 2 aromatic rings. The zero-order valence-corrected chi connectivity index (χ0v) is 14.7. The molecule has 0 bridgehead atoms. The van der Waals surface area contributed by atoms with E-state index in [4.69, 9.17) is 4.42 Å². The van der Waals surface area contributed by atoms with Gasteiger partial charge in [-0.15, -0.1) is 0 Å². The fourth-order valence-corrected chi connectivity index (χ4v) is 3.51. The summed E-state index contributed by atoms with van der Waals surface area (Å²) in [7, 11) is 1.92. The van der Waals surface area contributed by atoms with Gasteiger partial charge in [-0.3, -0.25) is 9.69 Å². The Morgan fingerprint density at radius 1 is 1.32 bits per heavy atom. The quantitative estimate of drug-likeness (QED) is 0.731. The van der Waals surface area contributed by atoms with Crippen LogP contribution in [0.5, 0.6) is 0 Å². The summed E-state index contributed by atoms with van der Waals surface area (Å²) in [5, 5.41) is 0.874. The van der Waals surface area contributed by atoms with Crippen LogP contribution in [0.25, 0.3) is 0 Å². The average molecular weight is 370 g/mol. The first-order chi connectivity index (χ1) is 12.0. The average Bonchev–Trinajstić information content (AvgIpc) is 3.21. The Morgan fingerprint density at radius 2 is 2.08 bits per heavy atom. The molecule has 2 aromatic heterocycles. The molecule has 0 aromatic carbocycles. The summed E-state index contributed by atoms with van der Waals surface area (Å²) >= 11 is 1.53. The van der Waals surface area contributed by atoms with Crippen LogP contribution in [-0.4, -0.2) is 64.4 Å². The highest BCUT2D eigenvalue weighted by Gasteiger charge is 2.25. The van der Waals surface area contributed by atoms with Crippen LogP contribution in [-0.2, 0) is 12.8 Å². The van der Waals surface area contributed by atoms with Gasteiger partial charge in [0.15, 0.2) is 10.9 Å². The fourth-order valence-electron chi connectivity index (χ4n) is 2.68. The summed E-state index contributed by atoms with van der Waals surface area (Å²) in [6.07, 6.45) is 1.26. The lowest BCUT2D eigenvalue weighted by Crippen LogP contribution is -2.49. The first kappa shape index (κ1) is 17.9. The molecule has 25 heavy (non-hydrogen) atoms. The van der Waals surface area contributed by atoms with Gasteiger partial charge in [-0.05, 0) is 12.1 Å². The predicted octanol–water partition coefficient (Wildman–Crippen LogP) is 2.33. The maximum Gasteiger partial charge on any atom is 0.289 e. The van der Waals surface area contributed by atoms with Gasteiger partial charge >= 0.3 is 0 Å². The highest BCUT2D eigenvalue weighted by atomic mass is 32.2. The van der Waals surface area contributed by atoms with Crippen molar-refractivity contribution in [1.29, 1.82) is 0 Å². The molecular weight excluding hydrogens is 350 g/mol. The van der Waals surface area contributed by atoms with Crippen LogP contribution in [0, 0.1) is 0 Å². The number of piperazine rings is 1. The lowest BCUT2D eigenvalue weighted by Gasteiger charge is -2.33. The van der Waals surface area contributed by atoms with E-state index in [2.05, 4.69) is 4.98 Å². The van der Waals surface area contributed by atoms with Gasteiger partial charge < -0.3 is 13.9 Å². The molecule has 1 fully saturated rings. The third-order valence-electron chi connectivity index (χ3n) is 4.05. The number of amides is 1. The normalized spacial score (nSPS) is 15.9. The van der Waals surface area contributed by atoms with Gasteiger partial charge in [0.25, 0.3) is 12.3 Å². The van der Waals surface area contributed by atoms with Gasteiger partial charge in [0, 0.05) is 45.6 Å². The SMILES string of the molecule is Cn1ccnc1SCc1ccc(C(=O)N2CCN(CC(F)F)CC2)o1. The van der Waals surface area contributed by atoms with Crippen molar-refractivity contribution >= 4 is 17.7 Å². The Labute approximate surface area is 148 Å². The standard InChI is InChI=1S/C16H20F2N4O2S/c1-20-5-4-19-16(20)25-11-12-2-3-13(24-12)15(23)22-8-6-21(7-9-22)10-14(17)18/h2-5,14H,6-11H2,1H3. The number of hydrogen-bond donors (Lipinski definition) is 0. The van der Waals surface area contributed by atoms with E-state index in [1.54, 1.807) is 28.1 Å². The number of alkyl halides is 2. The second-order valence-corrected chi connectivity index (χ2v) is 6.80. The van der Waals surface area contributed by atoms with Crippen molar-refractivity contribution in [3.63, 3.8) is 0 Å². The number of carbonyl (C=O) groups is 1. The monoisotopic (exact) mass is 370 g/mol. The minimum absolute atomic E-state index is 0.190. The van der Waals surface area contributed by atoms with E-state index in [1.165, 1.54) is 11.8 Å². The van der Waals surface area contributed by atoms with E-state index in [0.29, 0.717) is 37.7 Å².